The van der Waals surface area contributed by atoms with Crippen LogP contribution in [0.4, 0.5) is 0 Å². The van der Waals surface area contributed by atoms with Crippen LogP contribution >= 0.6 is 11.6 Å². The van der Waals surface area contributed by atoms with Gasteiger partial charge in [0.2, 0.25) is 11.8 Å². The number of rotatable bonds is 10. The van der Waals surface area contributed by atoms with E-state index in [0.29, 0.717) is 43.8 Å². The second-order valence-electron chi connectivity index (χ2n) is 9.37. The molecule has 0 aromatic heterocycles. The lowest BCUT2D eigenvalue weighted by Crippen LogP contribution is -2.45. The lowest BCUT2D eigenvalue weighted by Gasteiger charge is -2.31. The molecule has 2 aromatic rings. The molecule has 1 heterocycles. The highest BCUT2D eigenvalue weighted by atomic mass is 35.5. The van der Waals surface area contributed by atoms with Gasteiger partial charge in [-0.2, -0.15) is 5.26 Å². The molecule has 3 rings (SSSR count). The van der Waals surface area contributed by atoms with Crippen molar-refractivity contribution < 1.29 is 9.59 Å². The second-order valence-corrected chi connectivity index (χ2v) is 9.77. The molecule has 1 saturated heterocycles. The standard InChI is InChI=1S/C28H34ClN3O2/c1-21(2)28(20-30,23-12-4-3-5-13-23)17-9-8-16-26(33)32-18-10-15-25(32)27(34)31-19-22-11-6-7-14-24(22)29/h3-7,11-14,21,25H,8-10,15-19H2,1-2H3,(H,31,34)/t25-,28?/m1/s1. The highest BCUT2D eigenvalue weighted by molar-refractivity contribution is 6.31. The highest BCUT2D eigenvalue weighted by Crippen LogP contribution is 2.37. The summed E-state index contributed by atoms with van der Waals surface area (Å²) in [6.45, 7) is 5.12. The van der Waals surface area contributed by atoms with E-state index in [-0.39, 0.29) is 17.7 Å². The quantitative estimate of drug-likeness (QED) is 0.449. The van der Waals surface area contributed by atoms with Crippen molar-refractivity contribution in [1.82, 2.24) is 10.2 Å². The molecule has 5 nitrogen and oxygen atoms in total. The van der Waals surface area contributed by atoms with E-state index >= 15 is 0 Å². The van der Waals surface area contributed by atoms with Crippen molar-refractivity contribution >= 4 is 23.4 Å². The van der Waals surface area contributed by atoms with Gasteiger partial charge >= 0.3 is 0 Å². The number of carbonyl (C=O) groups excluding carboxylic acids is 2. The first-order valence-electron chi connectivity index (χ1n) is 12.2. The molecule has 6 heteroatoms. The van der Waals surface area contributed by atoms with Crippen LogP contribution in [-0.4, -0.2) is 29.3 Å². The molecule has 0 radical (unpaired) electrons. The van der Waals surface area contributed by atoms with Gasteiger partial charge in [-0.1, -0.05) is 80.4 Å². The molecular formula is C28H34ClN3O2. The highest BCUT2D eigenvalue weighted by Gasteiger charge is 2.36. The zero-order chi connectivity index (χ0) is 24.6. The van der Waals surface area contributed by atoms with Gasteiger partial charge < -0.3 is 10.2 Å². The summed E-state index contributed by atoms with van der Waals surface area (Å²) in [7, 11) is 0. The minimum absolute atomic E-state index is 0.0159. The first-order chi connectivity index (χ1) is 16.4. The Morgan fingerprint density at radius 2 is 1.85 bits per heavy atom. The van der Waals surface area contributed by atoms with Crippen LogP contribution in [0.1, 0.15) is 63.5 Å². The Bertz CT molecular complexity index is 1020. The van der Waals surface area contributed by atoms with E-state index in [2.05, 4.69) is 25.2 Å². The smallest absolute Gasteiger partial charge is 0.243 e. The topological polar surface area (TPSA) is 73.2 Å². The van der Waals surface area contributed by atoms with E-state index in [1.165, 1.54) is 0 Å². The predicted octanol–water partition coefficient (Wildman–Crippen LogP) is 5.63. The van der Waals surface area contributed by atoms with Gasteiger partial charge in [-0.25, -0.2) is 0 Å². The molecule has 34 heavy (non-hydrogen) atoms. The summed E-state index contributed by atoms with van der Waals surface area (Å²) < 4.78 is 0. The zero-order valence-corrected chi connectivity index (χ0v) is 20.9. The van der Waals surface area contributed by atoms with Crippen LogP contribution in [0.3, 0.4) is 0 Å². The molecule has 180 valence electrons. The van der Waals surface area contributed by atoms with E-state index in [1.807, 2.05) is 48.5 Å². The number of carbonyl (C=O) groups is 2. The molecule has 0 saturated carbocycles. The van der Waals surface area contributed by atoms with Crippen molar-refractivity contribution in [3.05, 3.63) is 70.7 Å². The van der Waals surface area contributed by atoms with Crippen LogP contribution in [0.5, 0.6) is 0 Å². The van der Waals surface area contributed by atoms with Gasteiger partial charge in [-0.05, 0) is 48.8 Å². The average Bonchev–Trinajstić information content (AvgIpc) is 3.34. The average molecular weight is 480 g/mol. The van der Waals surface area contributed by atoms with Crippen LogP contribution < -0.4 is 5.32 Å². The van der Waals surface area contributed by atoms with Crippen molar-refractivity contribution in [1.29, 1.82) is 5.26 Å². The van der Waals surface area contributed by atoms with Gasteiger partial charge in [-0.15, -0.1) is 0 Å². The van der Waals surface area contributed by atoms with E-state index in [4.69, 9.17) is 11.6 Å². The van der Waals surface area contributed by atoms with Gasteiger partial charge in [0, 0.05) is 24.5 Å². The number of amides is 2. The van der Waals surface area contributed by atoms with Crippen LogP contribution in [0.15, 0.2) is 54.6 Å². The Kier molecular flexibility index (Phi) is 9.12. The normalized spacial score (nSPS) is 17.3. The number of hydrogen-bond donors (Lipinski definition) is 1. The van der Waals surface area contributed by atoms with E-state index in [0.717, 1.165) is 24.0 Å². The van der Waals surface area contributed by atoms with Crippen molar-refractivity contribution in [3.63, 3.8) is 0 Å². The van der Waals surface area contributed by atoms with Crippen molar-refractivity contribution in [3.8, 4) is 6.07 Å². The van der Waals surface area contributed by atoms with Crippen LogP contribution in [0.2, 0.25) is 5.02 Å². The van der Waals surface area contributed by atoms with Gasteiger partial charge in [0.25, 0.3) is 0 Å². The van der Waals surface area contributed by atoms with E-state index < -0.39 is 11.5 Å². The number of nitrogens with zero attached hydrogens (tertiary/aromatic N) is 2. The van der Waals surface area contributed by atoms with Crippen LogP contribution in [0.25, 0.3) is 0 Å². The second kappa shape index (κ2) is 12.0. The zero-order valence-electron chi connectivity index (χ0n) is 20.1. The summed E-state index contributed by atoms with van der Waals surface area (Å²) in [6.07, 6.45) is 4.09. The predicted molar refractivity (Wildman–Crippen MR) is 135 cm³/mol. The molecule has 2 aromatic carbocycles. The fourth-order valence-electron chi connectivity index (χ4n) is 4.85. The number of nitrogens with one attached hydrogen (secondary N) is 1. The minimum Gasteiger partial charge on any atom is -0.350 e. The maximum Gasteiger partial charge on any atom is 0.243 e. The minimum atomic E-state index is -0.556. The molecule has 1 aliphatic heterocycles. The van der Waals surface area contributed by atoms with Crippen LogP contribution in [-0.2, 0) is 21.5 Å². The molecule has 1 N–H and O–H groups in total. The summed E-state index contributed by atoms with van der Waals surface area (Å²) in [5.74, 6) is 0.0562. The van der Waals surface area contributed by atoms with Gasteiger partial charge in [0.05, 0.1) is 11.5 Å². The third kappa shape index (κ3) is 5.98. The molecule has 0 spiro atoms. The first-order valence-corrected chi connectivity index (χ1v) is 12.5. The lowest BCUT2D eigenvalue weighted by molar-refractivity contribution is -0.138. The maximum absolute atomic E-state index is 12.9. The van der Waals surface area contributed by atoms with E-state index in [9.17, 15) is 14.9 Å². The molecule has 0 aliphatic carbocycles. The Hall–Kier alpha value is -2.84. The van der Waals surface area contributed by atoms with Crippen molar-refractivity contribution in [2.75, 3.05) is 6.54 Å². The number of halogens is 1. The molecular weight excluding hydrogens is 446 g/mol. The third-order valence-corrected chi connectivity index (χ3v) is 7.34. The first kappa shape index (κ1) is 25.8. The summed E-state index contributed by atoms with van der Waals surface area (Å²) in [5.41, 5.74) is 1.34. The van der Waals surface area contributed by atoms with E-state index in [1.54, 1.807) is 11.0 Å². The lowest BCUT2D eigenvalue weighted by atomic mass is 9.69. The molecule has 0 bridgehead atoms. The summed E-state index contributed by atoms with van der Waals surface area (Å²) in [5, 5.41) is 13.6. The third-order valence-electron chi connectivity index (χ3n) is 6.97. The Morgan fingerprint density at radius 3 is 2.53 bits per heavy atom. The number of likely N-dealkylation sites (tertiary alicyclic amines) is 1. The van der Waals surface area contributed by atoms with Crippen LogP contribution in [0, 0.1) is 17.2 Å². The number of benzene rings is 2. The van der Waals surface area contributed by atoms with Crippen molar-refractivity contribution in [2.24, 2.45) is 5.92 Å². The SMILES string of the molecule is CC(C)C(C#N)(CCCCC(=O)N1CCC[C@@H]1C(=O)NCc1ccccc1Cl)c1ccccc1. The fraction of sp³-hybridized carbons (Fsp3) is 0.464. The Balaban J connectivity index is 1.52. The number of nitriles is 1. The Morgan fingerprint density at radius 1 is 1.15 bits per heavy atom. The van der Waals surface area contributed by atoms with Gasteiger partial charge in [-0.3, -0.25) is 9.59 Å². The molecule has 1 fully saturated rings. The molecule has 2 atom stereocenters. The van der Waals surface area contributed by atoms with Crippen molar-refractivity contribution in [2.45, 2.75) is 70.4 Å². The number of hydrogen-bond acceptors (Lipinski definition) is 3. The summed E-state index contributed by atoms with van der Waals surface area (Å²) in [6, 6.07) is 19.5. The largest absolute Gasteiger partial charge is 0.350 e. The fourth-order valence-corrected chi connectivity index (χ4v) is 5.06. The molecule has 1 aliphatic rings. The van der Waals surface area contributed by atoms with Gasteiger partial charge in [0.15, 0.2) is 0 Å². The monoisotopic (exact) mass is 479 g/mol. The summed E-state index contributed by atoms with van der Waals surface area (Å²) in [4.78, 5) is 27.5. The summed E-state index contributed by atoms with van der Waals surface area (Å²) >= 11 is 6.18. The molecule has 1 unspecified atom stereocenters. The van der Waals surface area contributed by atoms with Gasteiger partial charge in [0.1, 0.15) is 6.04 Å². The Labute approximate surface area is 208 Å². The maximum atomic E-state index is 12.9. The number of unbranched alkanes of at least 4 members (excludes halogenated alkanes) is 1. The molecule has 2 amide bonds.